The maximum Gasteiger partial charge on any atom is 0.0794 e. The highest BCUT2D eigenvalue weighted by Crippen LogP contribution is 2.43. The second-order valence-corrected chi connectivity index (χ2v) is 14.0. The van der Waals surface area contributed by atoms with E-state index in [9.17, 15) is 0 Å². The molecule has 1 aromatic heterocycles. The summed E-state index contributed by atoms with van der Waals surface area (Å²) in [6.07, 6.45) is 5.80. The lowest BCUT2D eigenvalue weighted by Crippen LogP contribution is -1.93. The van der Waals surface area contributed by atoms with E-state index in [2.05, 4.69) is 183 Å². The summed E-state index contributed by atoms with van der Waals surface area (Å²) in [6, 6.07) is 61.8. The van der Waals surface area contributed by atoms with Gasteiger partial charge >= 0.3 is 0 Å². The van der Waals surface area contributed by atoms with Gasteiger partial charge in [-0.2, -0.15) is 0 Å². The molecule has 0 aliphatic heterocycles. The highest BCUT2D eigenvalue weighted by atomic mass is 14.7. The average Bonchev–Trinajstić information content (AvgIpc) is 3.23. The number of nitrogens with zero attached hydrogens (tertiary/aromatic N) is 1. The Morgan fingerprint density at radius 1 is 0.389 bits per heavy atom. The van der Waals surface area contributed by atoms with Gasteiger partial charge in [-0.1, -0.05) is 171 Å². The van der Waals surface area contributed by atoms with Crippen molar-refractivity contribution < 1.29 is 0 Å². The minimum absolute atomic E-state index is 1.02. The van der Waals surface area contributed by atoms with E-state index in [1.165, 1.54) is 43.4 Å². The quantitative estimate of drug-likeness (QED) is 0.0964. The fraction of sp³-hybridized carbons (Fsp3) is 0. The molecule has 0 fully saturated rings. The zero-order chi connectivity index (χ0) is 36.2. The molecule has 0 aliphatic carbocycles. The zero-order valence-electron chi connectivity index (χ0n) is 29.8. The molecule has 0 atom stereocenters. The van der Waals surface area contributed by atoms with Crippen molar-refractivity contribution in [2.45, 2.75) is 0 Å². The number of hydrogen-bond donors (Lipinski definition) is 0. The van der Waals surface area contributed by atoms with E-state index in [-0.39, 0.29) is 0 Å². The molecule has 10 aromatic rings. The molecule has 9 aromatic carbocycles. The number of aromatic nitrogens is 1. The second-order valence-electron chi connectivity index (χ2n) is 14.0. The molecule has 1 heteroatoms. The lowest BCUT2D eigenvalue weighted by molar-refractivity contribution is 1.52. The predicted octanol–water partition coefficient (Wildman–Crippen LogP) is 14.8. The number of rotatable bonds is 6. The Morgan fingerprint density at radius 2 is 0.889 bits per heavy atom. The third-order valence-electron chi connectivity index (χ3n) is 10.9. The van der Waals surface area contributed by atoms with Crippen molar-refractivity contribution >= 4 is 70.5 Å². The highest BCUT2D eigenvalue weighted by molar-refractivity contribution is 6.21. The van der Waals surface area contributed by atoms with E-state index >= 15 is 0 Å². The topological polar surface area (TPSA) is 12.9 Å². The SMILES string of the molecule is C=C/C=C(\C=C)c1cc(-c2cccc(-c3c4ccc5ccccc5c4nc4c3ccc3ccccc34)c2)cc(-c2c3ccccc3cc3ccccc23)c1. The molecule has 1 heterocycles. The van der Waals surface area contributed by atoms with E-state index in [0.29, 0.717) is 0 Å². The molecule has 54 heavy (non-hydrogen) atoms. The van der Waals surface area contributed by atoms with Gasteiger partial charge < -0.3 is 0 Å². The summed E-state index contributed by atoms with van der Waals surface area (Å²) < 4.78 is 0. The summed E-state index contributed by atoms with van der Waals surface area (Å²) in [5.74, 6) is 0. The smallest absolute Gasteiger partial charge is 0.0794 e. The molecule has 0 saturated heterocycles. The third kappa shape index (κ3) is 5.13. The van der Waals surface area contributed by atoms with Gasteiger partial charge in [0.2, 0.25) is 0 Å². The van der Waals surface area contributed by atoms with Crippen molar-refractivity contribution in [2.75, 3.05) is 0 Å². The predicted molar refractivity (Wildman–Crippen MR) is 234 cm³/mol. The minimum Gasteiger partial charge on any atom is -0.246 e. The minimum atomic E-state index is 1.02. The van der Waals surface area contributed by atoms with Crippen molar-refractivity contribution in [3.8, 4) is 33.4 Å². The van der Waals surface area contributed by atoms with Crippen LogP contribution >= 0.6 is 0 Å². The van der Waals surface area contributed by atoms with Crippen molar-refractivity contribution in [2.24, 2.45) is 0 Å². The summed E-state index contributed by atoms with van der Waals surface area (Å²) in [7, 11) is 0. The van der Waals surface area contributed by atoms with Gasteiger partial charge in [-0.3, -0.25) is 0 Å². The summed E-state index contributed by atoms with van der Waals surface area (Å²) in [4.78, 5) is 5.43. The first-order chi connectivity index (χ1) is 26.7. The van der Waals surface area contributed by atoms with Gasteiger partial charge in [0.25, 0.3) is 0 Å². The van der Waals surface area contributed by atoms with Crippen LogP contribution in [0.3, 0.4) is 0 Å². The number of pyridine rings is 1. The molecule has 0 N–H and O–H groups in total. The maximum atomic E-state index is 5.43. The second kappa shape index (κ2) is 12.8. The van der Waals surface area contributed by atoms with Crippen LogP contribution in [0.2, 0.25) is 0 Å². The Labute approximate surface area is 314 Å². The summed E-state index contributed by atoms with van der Waals surface area (Å²) >= 11 is 0. The van der Waals surface area contributed by atoms with Gasteiger partial charge in [-0.05, 0) is 102 Å². The molecule has 0 spiro atoms. The van der Waals surface area contributed by atoms with Crippen molar-refractivity contribution in [3.05, 3.63) is 207 Å². The summed E-state index contributed by atoms with van der Waals surface area (Å²) in [6.45, 7) is 8.21. The first-order valence-corrected chi connectivity index (χ1v) is 18.4. The van der Waals surface area contributed by atoms with Crippen LogP contribution in [-0.4, -0.2) is 4.98 Å². The molecule has 0 radical (unpaired) electrons. The monoisotopic (exact) mass is 685 g/mol. The molecular formula is C53H35N. The lowest BCUT2D eigenvalue weighted by atomic mass is 9.87. The van der Waals surface area contributed by atoms with E-state index in [4.69, 9.17) is 4.98 Å². The van der Waals surface area contributed by atoms with Gasteiger partial charge in [0, 0.05) is 27.1 Å². The first kappa shape index (κ1) is 31.6. The molecule has 252 valence electrons. The van der Waals surface area contributed by atoms with E-state index in [1.807, 2.05) is 18.2 Å². The molecule has 0 bridgehead atoms. The van der Waals surface area contributed by atoms with E-state index in [0.717, 1.165) is 66.0 Å². The molecule has 1 nitrogen and oxygen atoms in total. The van der Waals surface area contributed by atoms with Crippen LogP contribution < -0.4 is 0 Å². The van der Waals surface area contributed by atoms with Crippen LogP contribution in [0.5, 0.6) is 0 Å². The van der Waals surface area contributed by atoms with Gasteiger partial charge in [0.05, 0.1) is 11.0 Å². The first-order valence-electron chi connectivity index (χ1n) is 18.4. The number of benzene rings is 9. The standard InChI is InChI=1S/C53H35N/c1-3-14-34(4-2)41-31-42(33-43(32-41)51-44-21-9-7-17-38(44)30-39-18-8-10-22-45(39)51)37-19-13-20-40(29-37)50-48-27-25-35-15-5-11-23-46(35)52(48)54-53-47-24-12-6-16-36(47)26-28-49(50)53/h3-33H,1-2H2/b34-14+. The summed E-state index contributed by atoms with van der Waals surface area (Å²) in [5.41, 5.74) is 11.2. The van der Waals surface area contributed by atoms with Gasteiger partial charge in [0.1, 0.15) is 0 Å². The van der Waals surface area contributed by atoms with Crippen molar-refractivity contribution in [3.63, 3.8) is 0 Å². The fourth-order valence-electron chi connectivity index (χ4n) is 8.42. The van der Waals surface area contributed by atoms with Crippen LogP contribution in [0.25, 0.3) is 104 Å². The Kier molecular flexibility index (Phi) is 7.52. The van der Waals surface area contributed by atoms with Crippen LogP contribution in [0.15, 0.2) is 201 Å². The highest BCUT2D eigenvalue weighted by Gasteiger charge is 2.18. The normalized spacial score (nSPS) is 12.0. The van der Waals surface area contributed by atoms with Crippen LogP contribution in [0.4, 0.5) is 0 Å². The summed E-state index contributed by atoms with van der Waals surface area (Å²) in [5, 5.41) is 11.9. The Balaban J connectivity index is 1.26. The molecule has 0 unspecified atom stereocenters. The van der Waals surface area contributed by atoms with Crippen molar-refractivity contribution in [1.82, 2.24) is 4.98 Å². The van der Waals surface area contributed by atoms with Crippen molar-refractivity contribution in [1.29, 1.82) is 0 Å². The van der Waals surface area contributed by atoms with Crippen LogP contribution in [0, 0.1) is 0 Å². The fourth-order valence-corrected chi connectivity index (χ4v) is 8.42. The zero-order valence-corrected chi connectivity index (χ0v) is 29.8. The molecule has 0 saturated carbocycles. The number of fused-ring (bicyclic) bond motifs is 8. The van der Waals surface area contributed by atoms with Gasteiger partial charge in [-0.25, -0.2) is 4.98 Å². The Hall–Kier alpha value is -7.09. The van der Waals surface area contributed by atoms with Gasteiger partial charge in [-0.15, -0.1) is 0 Å². The molecule has 0 aliphatic rings. The number of allylic oxidation sites excluding steroid dienone is 4. The molecular weight excluding hydrogens is 651 g/mol. The maximum absolute atomic E-state index is 5.43. The third-order valence-corrected chi connectivity index (χ3v) is 10.9. The molecule has 0 amide bonds. The lowest BCUT2D eigenvalue weighted by Gasteiger charge is -2.17. The van der Waals surface area contributed by atoms with Crippen LogP contribution in [-0.2, 0) is 0 Å². The van der Waals surface area contributed by atoms with Crippen LogP contribution in [0.1, 0.15) is 5.56 Å². The Morgan fingerprint density at radius 3 is 1.48 bits per heavy atom. The van der Waals surface area contributed by atoms with E-state index < -0.39 is 0 Å². The largest absolute Gasteiger partial charge is 0.246 e. The van der Waals surface area contributed by atoms with Gasteiger partial charge in [0.15, 0.2) is 0 Å². The number of hydrogen-bond acceptors (Lipinski definition) is 1. The average molecular weight is 686 g/mol. The van der Waals surface area contributed by atoms with E-state index in [1.54, 1.807) is 0 Å². The molecule has 10 rings (SSSR count). The Bertz CT molecular complexity index is 3050.